The third kappa shape index (κ3) is 3.67. The second-order valence-electron chi connectivity index (χ2n) is 3.34. The highest BCUT2D eigenvalue weighted by atomic mass is 28.3. The zero-order chi connectivity index (χ0) is 7.49. The molecule has 3 heteroatoms. The van der Waals surface area contributed by atoms with Crippen molar-refractivity contribution in [1.29, 1.82) is 0 Å². The molecule has 2 nitrogen and oxygen atoms in total. The van der Waals surface area contributed by atoms with E-state index in [1.54, 1.807) is 0 Å². The van der Waals surface area contributed by atoms with Crippen molar-refractivity contribution in [2.24, 2.45) is 5.73 Å². The molecule has 1 unspecified atom stereocenters. The van der Waals surface area contributed by atoms with Gasteiger partial charge in [-0.1, -0.05) is 19.6 Å². The van der Waals surface area contributed by atoms with Gasteiger partial charge in [0.15, 0.2) is 0 Å². The second kappa shape index (κ2) is 3.34. The first-order valence-electron chi connectivity index (χ1n) is 3.30. The molecule has 1 atom stereocenters. The molecular weight excluding hydrogens is 130 g/mol. The highest BCUT2D eigenvalue weighted by Crippen LogP contribution is 2.09. The highest BCUT2D eigenvalue weighted by Gasteiger charge is 2.22. The maximum absolute atomic E-state index is 5.25. The van der Waals surface area contributed by atoms with Crippen molar-refractivity contribution >= 4 is 8.07 Å². The molecule has 0 spiro atoms. The summed E-state index contributed by atoms with van der Waals surface area (Å²) in [7, 11) is -1.08. The summed E-state index contributed by atoms with van der Waals surface area (Å²) in [6.07, 6.45) is 0. The minimum Gasteiger partial charge on any atom is -0.367 e. The molecule has 0 rings (SSSR count). The Balaban J connectivity index is 3.59. The predicted molar refractivity (Wildman–Crippen MR) is 42.9 cm³/mol. The van der Waals surface area contributed by atoms with Gasteiger partial charge in [0.25, 0.3) is 0 Å². The number of nitrogens with two attached hydrogens (primary N) is 1. The van der Waals surface area contributed by atoms with Crippen LogP contribution in [0.25, 0.3) is 0 Å². The average molecular weight is 147 g/mol. The number of ether oxygens (including phenoxy) is 1. The fraction of sp³-hybridized carbons (Fsp3) is 1.00. The first-order valence-corrected chi connectivity index (χ1v) is 6.88. The monoisotopic (exact) mass is 147 g/mol. The van der Waals surface area contributed by atoms with Crippen molar-refractivity contribution in [1.82, 2.24) is 0 Å². The molecule has 0 aromatic heterocycles. The molecule has 56 valence electrons. The smallest absolute Gasteiger partial charge is 0.0939 e. The molecule has 0 fully saturated rings. The van der Waals surface area contributed by atoms with Crippen LogP contribution >= 0.6 is 0 Å². The van der Waals surface area contributed by atoms with Crippen molar-refractivity contribution in [2.75, 3.05) is 6.73 Å². The van der Waals surface area contributed by atoms with Gasteiger partial charge in [-0.25, -0.2) is 0 Å². The van der Waals surface area contributed by atoms with Crippen molar-refractivity contribution in [3.8, 4) is 0 Å². The Kier molecular flexibility index (Phi) is 3.39. The zero-order valence-corrected chi connectivity index (χ0v) is 7.77. The van der Waals surface area contributed by atoms with Crippen LogP contribution in [0, 0.1) is 0 Å². The minimum absolute atomic E-state index is 0.353. The third-order valence-electron chi connectivity index (χ3n) is 1.57. The van der Waals surface area contributed by atoms with Gasteiger partial charge in [0.1, 0.15) is 0 Å². The van der Waals surface area contributed by atoms with Gasteiger partial charge in [-0.15, -0.1) is 0 Å². The molecule has 0 radical (unpaired) electrons. The molecule has 0 heterocycles. The first kappa shape index (κ1) is 9.14. The van der Waals surface area contributed by atoms with Gasteiger partial charge in [-0.2, -0.15) is 0 Å². The van der Waals surface area contributed by atoms with Gasteiger partial charge in [-0.05, 0) is 6.92 Å². The van der Waals surface area contributed by atoms with Crippen LogP contribution < -0.4 is 5.73 Å². The van der Waals surface area contributed by atoms with Crippen LogP contribution in [0.3, 0.4) is 0 Å². The summed E-state index contributed by atoms with van der Waals surface area (Å²) in [6.45, 7) is 9.26. The van der Waals surface area contributed by atoms with E-state index < -0.39 is 8.07 Å². The van der Waals surface area contributed by atoms with Crippen LogP contribution in [0.5, 0.6) is 0 Å². The Labute approximate surface area is 58.4 Å². The van der Waals surface area contributed by atoms with Crippen LogP contribution in [-0.4, -0.2) is 20.5 Å². The lowest BCUT2D eigenvalue weighted by molar-refractivity contribution is 0.118. The molecule has 0 aliphatic heterocycles. The molecule has 2 N–H and O–H groups in total. The molecule has 0 saturated heterocycles. The van der Waals surface area contributed by atoms with Gasteiger partial charge in [-0.3, -0.25) is 0 Å². The van der Waals surface area contributed by atoms with Crippen molar-refractivity contribution in [2.45, 2.75) is 32.3 Å². The van der Waals surface area contributed by atoms with Crippen LogP contribution in [0.15, 0.2) is 0 Å². The standard InChI is InChI=1S/C6H17NOSi/c1-6(8-5-7)9(2,3)4/h6H,5,7H2,1-4H3. The average Bonchev–Trinajstić information content (AvgIpc) is 1.64. The first-order chi connectivity index (χ1) is 3.98. The van der Waals surface area contributed by atoms with E-state index in [1.165, 1.54) is 0 Å². The largest absolute Gasteiger partial charge is 0.367 e. The Morgan fingerprint density at radius 3 is 2.00 bits per heavy atom. The van der Waals surface area contributed by atoms with Gasteiger partial charge in [0.05, 0.1) is 14.8 Å². The SMILES string of the molecule is CC(OCN)[Si](C)(C)C. The van der Waals surface area contributed by atoms with Crippen LogP contribution in [0.2, 0.25) is 19.6 Å². The Morgan fingerprint density at radius 2 is 1.89 bits per heavy atom. The van der Waals surface area contributed by atoms with E-state index in [-0.39, 0.29) is 0 Å². The topological polar surface area (TPSA) is 35.2 Å². The summed E-state index contributed by atoms with van der Waals surface area (Å²) >= 11 is 0. The van der Waals surface area contributed by atoms with Crippen molar-refractivity contribution < 1.29 is 4.74 Å². The summed E-state index contributed by atoms with van der Waals surface area (Å²) in [6, 6.07) is 0. The predicted octanol–water partition coefficient (Wildman–Crippen LogP) is 1.19. The molecule has 0 bridgehead atoms. The van der Waals surface area contributed by atoms with E-state index in [2.05, 4.69) is 26.6 Å². The Morgan fingerprint density at radius 1 is 1.44 bits per heavy atom. The summed E-state index contributed by atoms with van der Waals surface area (Å²) in [5.74, 6) is 0. The molecule has 0 amide bonds. The van der Waals surface area contributed by atoms with E-state index in [1.807, 2.05) is 0 Å². The van der Waals surface area contributed by atoms with Crippen molar-refractivity contribution in [3.05, 3.63) is 0 Å². The summed E-state index contributed by atoms with van der Waals surface area (Å²) < 4.78 is 5.25. The lowest BCUT2D eigenvalue weighted by atomic mass is 10.8. The van der Waals surface area contributed by atoms with E-state index >= 15 is 0 Å². The van der Waals surface area contributed by atoms with Gasteiger partial charge in [0, 0.05) is 5.73 Å². The molecule has 0 saturated carbocycles. The zero-order valence-electron chi connectivity index (χ0n) is 6.77. The third-order valence-corrected chi connectivity index (χ3v) is 4.17. The maximum Gasteiger partial charge on any atom is 0.0939 e. The highest BCUT2D eigenvalue weighted by molar-refractivity contribution is 6.77. The molecule has 0 aliphatic carbocycles. The lowest BCUT2D eigenvalue weighted by Crippen LogP contribution is -2.39. The molecule has 0 aliphatic rings. The Hall–Kier alpha value is 0.137. The normalized spacial score (nSPS) is 15.7. The van der Waals surface area contributed by atoms with E-state index in [0.717, 1.165) is 0 Å². The fourth-order valence-electron chi connectivity index (χ4n) is 0.394. The number of hydrogen-bond donors (Lipinski definition) is 1. The van der Waals surface area contributed by atoms with Crippen LogP contribution in [0.1, 0.15) is 6.92 Å². The molecule has 0 aromatic rings. The minimum atomic E-state index is -1.08. The summed E-state index contributed by atoms with van der Waals surface area (Å²) in [4.78, 5) is 0. The van der Waals surface area contributed by atoms with Crippen LogP contribution in [0.4, 0.5) is 0 Å². The Bertz CT molecular complexity index is 79.6. The van der Waals surface area contributed by atoms with Gasteiger partial charge >= 0.3 is 0 Å². The molecular formula is C6H17NOSi. The van der Waals surface area contributed by atoms with Gasteiger partial charge in [0.2, 0.25) is 0 Å². The van der Waals surface area contributed by atoms with Crippen LogP contribution in [-0.2, 0) is 4.74 Å². The van der Waals surface area contributed by atoms with Gasteiger partial charge < -0.3 is 10.5 Å². The second-order valence-corrected chi connectivity index (χ2v) is 8.89. The number of rotatable bonds is 3. The van der Waals surface area contributed by atoms with E-state index in [0.29, 0.717) is 12.5 Å². The summed E-state index contributed by atoms with van der Waals surface area (Å²) in [5, 5.41) is 0. The fourth-order valence-corrected chi connectivity index (χ4v) is 0.991. The maximum atomic E-state index is 5.25. The lowest BCUT2D eigenvalue weighted by Gasteiger charge is -2.24. The van der Waals surface area contributed by atoms with E-state index in [4.69, 9.17) is 10.5 Å². The quantitative estimate of drug-likeness (QED) is 0.480. The molecule has 9 heavy (non-hydrogen) atoms. The number of hydrogen-bond acceptors (Lipinski definition) is 2. The van der Waals surface area contributed by atoms with E-state index in [9.17, 15) is 0 Å². The van der Waals surface area contributed by atoms with Crippen molar-refractivity contribution in [3.63, 3.8) is 0 Å². The summed E-state index contributed by atoms with van der Waals surface area (Å²) in [5.41, 5.74) is 5.60. The molecule has 0 aromatic carbocycles.